The molecule has 0 aliphatic rings. The second-order valence-electron chi connectivity index (χ2n) is 4.53. The molecular formula is C14H17N3OS. The number of aromatic hydroxyl groups is 1. The summed E-state index contributed by atoms with van der Waals surface area (Å²) in [6.45, 7) is 3.71. The average Bonchev–Trinajstić information content (AvgIpc) is 2.32. The fourth-order valence-corrected chi connectivity index (χ4v) is 2.67. The fraction of sp³-hybridized carbons (Fsp3) is 0.143. The van der Waals surface area contributed by atoms with Crippen molar-refractivity contribution < 1.29 is 5.11 Å². The number of benzene rings is 2. The van der Waals surface area contributed by atoms with Crippen molar-refractivity contribution in [2.45, 2.75) is 23.6 Å². The summed E-state index contributed by atoms with van der Waals surface area (Å²) in [5.41, 5.74) is 21.5. The van der Waals surface area contributed by atoms with Crippen molar-refractivity contribution in [3.63, 3.8) is 0 Å². The predicted octanol–water partition coefficient (Wildman–Crippen LogP) is 2.91. The minimum absolute atomic E-state index is 0.218. The molecule has 0 aliphatic carbocycles. The van der Waals surface area contributed by atoms with Crippen LogP contribution in [0, 0.1) is 13.8 Å². The first-order valence-corrected chi connectivity index (χ1v) is 6.62. The van der Waals surface area contributed by atoms with Gasteiger partial charge in [0.1, 0.15) is 5.75 Å². The topological polar surface area (TPSA) is 98.3 Å². The van der Waals surface area contributed by atoms with Gasteiger partial charge in [-0.25, -0.2) is 0 Å². The van der Waals surface area contributed by atoms with Gasteiger partial charge in [0.2, 0.25) is 0 Å². The van der Waals surface area contributed by atoms with Gasteiger partial charge >= 0.3 is 0 Å². The number of phenols is 1. The maximum atomic E-state index is 9.75. The zero-order chi connectivity index (χ0) is 14.2. The highest BCUT2D eigenvalue weighted by Crippen LogP contribution is 2.39. The summed E-state index contributed by atoms with van der Waals surface area (Å²) in [7, 11) is 0. The van der Waals surface area contributed by atoms with Gasteiger partial charge in [-0.2, -0.15) is 0 Å². The first-order valence-electron chi connectivity index (χ1n) is 5.81. The average molecular weight is 275 g/mol. The van der Waals surface area contributed by atoms with E-state index in [1.54, 1.807) is 19.1 Å². The van der Waals surface area contributed by atoms with Crippen LogP contribution in [-0.4, -0.2) is 5.11 Å². The monoisotopic (exact) mass is 275 g/mol. The Morgan fingerprint density at radius 2 is 1.32 bits per heavy atom. The van der Waals surface area contributed by atoms with Gasteiger partial charge in [-0.1, -0.05) is 11.8 Å². The van der Waals surface area contributed by atoms with Crippen LogP contribution in [-0.2, 0) is 0 Å². The molecule has 2 aromatic rings. The smallest absolute Gasteiger partial charge is 0.119 e. The third-order valence-electron chi connectivity index (χ3n) is 2.95. The fourth-order valence-electron chi connectivity index (χ4n) is 1.72. The summed E-state index contributed by atoms with van der Waals surface area (Å²) in [5.74, 6) is 0.218. The van der Waals surface area contributed by atoms with E-state index in [1.807, 2.05) is 19.1 Å². The number of phenolic OH excluding ortho intramolecular Hbond substituents is 1. The Bertz CT molecular complexity index is 586. The van der Waals surface area contributed by atoms with E-state index in [0.717, 1.165) is 20.9 Å². The first-order chi connectivity index (χ1) is 8.88. The van der Waals surface area contributed by atoms with Gasteiger partial charge in [0.05, 0.1) is 0 Å². The second kappa shape index (κ2) is 4.93. The SMILES string of the molecule is Cc1cc(N)c(Sc2cc(O)c(C)cc2N)cc1N. The number of aryl methyl sites for hydroxylation is 2. The van der Waals surface area contributed by atoms with E-state index in [9.17, 15) is 5.11 Å². The summed E-state index contributed by atoms with van der Waals surface area (Å²) in [4.78, 5) is 1.59. The van der Waals surface area contributed by atoms with Gasteiger partial charge in [0.15, 0.2) is 0 Å². The number of hydrogen-bond donors (Lipinski definition) is 4. The third-order valence-corrected chi connectivity index (χ3v) is 4.09. The zero-order valence-electron chi connectivity index (χ0n) is 10.9. The highest BCUT2D eigenvalue weighted by atomic mass is 32.2. The number of nitrogen functional groups attached to an aromatic ring is 3. The Labute approximate surface area is 116 Å². The third kappa shape index (κ3) is 2.71. The van der Waals surface area contributed by atoms with Crippen LogP contribution >= 0.6 is 11.8 Å². The number of anilines is 3. The molecule has 2 rings (SSSR count). The van der Waals surface area contributed by atoms with Crippen molar-refractivity contribution >= 4 is 28.8 Å². The Kier molecular flexibility index (Phi) is 3.48. The van der Waals surface area contributed by atoms with Crippen LogP contribution in [0.1, 0.15) is 11.1 Å². The lowest BCUT2D eigenvalue weighted by atomic mass is 10.2. The molecule has 0 aliphatic heterocycles. The molecule has 0 saturated heterocycles. The number of hydrogen-bond acceptors (Lipinski definition) is 5. The molecule has 7 N–H and O–H groups in total. The molecule has 2 aromatic carbocycles. The van der Waals surface area contributed by atoms with Crippen molar-refractivity contribution in [2.75, 3.05) is 17.2 Å². The van der Waals surface area contributed by atoms with Gasteiger partial charge in [-0.05, 0) is 49.2 Å². The van der Waals surface area contributed by atoms with Crippen molar-refractivity contribution in [1.82, 2.24) is 0 Å². The highest BCUT2D eigenvalue weighted by molar-refractivity contribution is 7.99. The van der Waals surface area contributed by atoms with Gasteiger partial charge < -0.3 is 22.3 Å². The molecule has 100 valence electrons. The molecule has 0 aromatic heterocycles. The maximum Gasteiger partial charge on any atom is 0.119 e. The van der Waals surface area contributed by atoms with Crippen LogP contribution in [0.15, 0.2) is 34.1 Å². The summed E-state index contributed by atoms with van der Waals surface area (Å²) in [6.07, 6.45) is 0. The highest BCUT2D eigenvalue weighted by Gasteiger charge is 2.09. The van der Waals surface area contributed by atoms with Crippen LogP contribution in [0.2, 0.25) is 0 Å². The Morgan fingerprint density at radius 3 is 1.95 bits per heavy atom. The Morgan fingerprint density at radius 1 is 0.789 bits per heavy atom. The molecule has 0 radical (unpaired) electrons. The summed E-state index contributed by atoms with van der Waals surface area (Å²) in [5, 5.41) is 9.75. The van der Waals surface area contributed by atoms with E-state index < -0.39 is 0 Å². The number of nitrogens with two attached hydrogens (primary N) is 3. The number of rotatable bonds is 2. The Balaban J connectivity index is 2.42. The van der Waals surface area contributed by atoms with Gasteiger partial charge in [0.25, 0.3) is 0 Å². The molecule has 4 nitrogen and oxygen atoms in total. The standard InChI is InChI=1S/C14H17N3OS/c1-7-3-10(16)13(5-9(7)15)19-14-6-12(18)8(2)4-11(14)17/h3-6,18H,15-17H2,1-2H3. The van der Waals surface area contributed by atoms with E-state index in [4.69, 9.17) is 17.2 Å². The quantitative estimate of drug-likeness (QED) is 0.499. The van der Waals surface area contributed by atoms with Crippen molar-refractivity contribution in [1.29, 1.82) is 0 Å². The van der Waals surface area contributed by atoms with Crippen LogP contribution in [0.3, 0.4) is 0 Å². The van der Waals surface area contributed by atoms with Crippen molar-refractivity contribution in [3.05, 3.63) is 35.4 Å². The van der Waals surface area contributed by atoms with Crippen LogP contribution in [0.5, 0.6) is 5.75 Å². The first kappa shape index (κ1) is 13.4. The molecule has 0 unspecified atom stereocenters. The largest absolute Gasteiger partial charge is 0.508 e. The molecule has 0 heterocycles. The van der Waals surface area contributed by atoms with E-state index in [0.29, 0.717) is 17.1 Å². The van der Waals surface area contributed by atoms with Crippen LogP contribution < -0.4 is 17.2 Å². The lowest BCUT2D eigenvalue weighted by Crippen LogP contribution is -1.96. The normalized spacial score (nSPS) is 10.6. The molecule has 5 heteroatoms. The van der Waals surface area contributed by atoms with E-state index >= 15 is 0 Å². The lowest BCUT2D eigenvalue weighted by Gasteiger charge is -2.11. The molecule has 0 atom stereocenters. The Hall–Kier alpha value is -2.01. The minimum atomic E-state index is 0.218. The molecule has 19 heavy (non-hydrogen) atoms. The van der Waals surface area contributed by atoms with E-state index in [-0.39, 0.29) is 5.75 Å². The molecule has 0 saturated carbocycles. The van der Waals surface area contributed by atoms with Crippen molar-refractivity contribution in [2.24, 2.45) is 0 Å². The molecule has 0 bridgehead atoms. The summed E-state index contributed by atoms with van der Waals surface area (Å²) >= 11 is 1.40. The van der Waals surface area contributed by atoms with E-state index in [1.165, 1.54) is 11.8 Å². The molecule has 0 fully saturated rings. The van der Waals surface area contributed by atoms with Gasteiger partial charge in [-0.15, -0.1) is 0 Å². The summed E-state index contributed by atoms with van der Waals surface area (Å²) < 4.78 is 0. The predicted molar refractivity (Wildman–Crippen MR) is 81.4 cm³/mol. The minimum Gasteiger partial charge on any atom is -0.508 e. The van der Waals surface area contributed by atoms with E-state index in [2.05, 4.69) is 0 Å². The van der Waals surface area contributed by atoms with Gasteiger partial charge in [0, 0.05) is 26.9 Å². The summed E-state index contributed by atoms with van der Waals surface area (Å²) in [6, 6.07) is 7.05. The maximum absolute atomic E-state index is 9.75. The molecule has 0 spiro atoms. The zero-order valence-corrected chi connectivity index (χ0v) is 11.7. The molecular weight excluding hydrogens is 258 g/mol. The second-order valence-corrected chi connectivity index (χ2v) is 5.61. The van der Waals surface area contributed by atoms with Crippen molar-refractivity contribution in [3.8, 4) is 5.75 Å². The molecule has 0 amide bonds. The van der Waals surface area contributed by atoms with Gasteiger partial charge in [-0.3, -0.25) is 0 Å². The lowest BCUT2D eigenvalue weighted by molar-refractivity contribution is 0.470. The van der Waals surface area contributed by atoms with Crippen LogP contribution in [0.4, 0.5) is 17.1 Å². The van der Waals surface area contributed by atoms with Crippen LogP contribution in [0.25, 0.3) is 0 Å².